The van der Waals surface area contributed by atoms with E-state index in [0.29, 0.717) is 24.8 Å². The van der Waals surface area contributed by atoms with Crippen LogP contribution in [0.25, 0.3) is 0 Å². The van der Waals surface area contributed by atoms with E-state index >= 15 is 0 Å². The lowest BCUT2D eigenvalue weighted by atomic mass is 10.1. The van der Waals surface area contributed by atoms with Crippen LogP contribution in [0.2, 0.25) is 0 Å². The van der Waals surface area contributed by atoms with E-state index in [1.165, 1.54) is 0 Å². The van der Waals surface area contributed by atoms with E-state index in [-0.39, 0.29) is 5.91 Å². The summed E-state index contributed by atoms with van der Waals surface area (Å²) < 4.78 is 2.00. The molecule has 1 N–H and O–H groups in total. The molecule has 0 aliphatic heterocycles. The lowest BCUT2D eigenvalue weighted by Gasteiger charge is -2.13. The van der Waals surface area contributed by atoms with Gasteiger partial charge in [0, 0.05) is 30.1 Å². The van der Waals surface area contributed by atoms with Crippen molar-refractivity contribution in [2.24, 2.45) is 5.92 Å². The molecule has 0 fully saturated rings. The Morgan fingerprint density at radius 3 is 2.65 bits per heavy atom. The molecule has 126 valence electrons. The topological polar surface area (TPSA) is 59.8 Å². The van der Waals surface area contributed by atoms with Crippen LogP contribution >= 0.6 is 11.3 Å². The molecule has 0 spiro atoms. The van der Waals surface area contributed by atoms with Crippen molar-refractivity contribution in [3.05, 3.63) is 33.5 Å². The highest BCUT2D eigenvalue weighted by Gasteiger charge is 2.12. The third kappa shape index (κ3) is 5.16. The van der Waals surface area contributed by atoms with Crippen LogP contribution in [0.4, 0.5) is 0 Å². The molecule has 6 heteroatoms. The van der Waals surface area contributed by atoms with Gasteiger partial charge in [0.1, 0.15) is 0 Å². The molecule has 1 amide bonds. The first-order valence-electron chi connectivity index (χ1n) is 8.07. The van der Waals surface area contributed by atoms with Gasteiger partial charge in [-0.2, -0.15) is 5.10 Å². The minimum atomic E-state index is 0.0332. The van der Waals surface area contributed by atoms with Gasteiger partial charge in [-0.15, -0.1) is 11.3 Å². The Kier molecular flexibility index (Phi) is 5.93. The number of aryl methyl sites for hydroxylation is 2. The van der Waals surface area contributed by atoms with Crippen molar-refractivity contribution in [3.8, 4) is 0 Å². The van der Waals surface area contributed by atoms with Gasteiger partial charge in [0.15, 0.2) is 0 Å². The Morgan fingerprint density at radius 1 is 1.35 bits per heavy atom. The van der Waals surface area contributed by atoms with Gasteiger partial charge in [-0.3, -0.25) is 9.48 Å². The molecule has 2 rings (SSSR count). The maximum absolute atomic E-state index is 12.1. The number of hydrogen-bond acceptors (Lipinski definition) is 4. The van der Waals surface area contributed by atoms with Gasteiger partial charge >= 0.3 is 0 Å². The molecular weight excluding hydrogens is 308 g/mol. The molecule has 23 heavy (non-hydrogen) atoms. The molecule has 0 saturated carbocycles. The summed E-state index contributed by atoms with van der Waals surface area (Å²) in [5.74, 6) is 0.780. The molecule has 2 aromatic heterocycles. The number of aromatic nitrogens is 3. The summed E-state index contributed by atoms with van der Waals surface area (Å²) in [6, 6.07) is 2.07. The summed E-state index contributed by atoms with van der Waals surface area (Å²) in [6.45, 7) is 11.9. The second kappa shape index (κ2) is 7.73. The van der Waals surface area contributed by atoms with Crippen LogP contribution in [0.5, 0.6) is 0 Å². The third-order valence-corrected chi connectivity index (χ3v) is 4.83. The minimum Gasteiger partial charge on any atom is -0.355 e. The van der Waals surface area contributed by atoms with Crippen molar-refractivity contribution < 1.29 is 4.79 Å². The van der Waals surface area contributed by atoms with Gasteiger partial charge in [0.2, 0.25) is 5.91 Å². The predicted octanol–water partition coefficient (Wildman–Crippen LogP) is 3.07. The van der Waals surface area contributed by atoms with Crippen molar-refractivity contribution in [2.45, 2.75) is 53.5 Å². The summed E-state index contributed by atoms with van der Waals surface area (Å²) >= 11 is 1.63. The van der Waals surface area contributed by atoms with Gasteiger partial charge in [-0.25, -0.2) is 4.98 Å². The molecule has 0 radical (unpaired) electrons. The first-order chi connectivity index (χ1) is 10.8. The van der Waals surface area contributed by atoms with Crippen molar-refractivity contribution in [1.29, 1.82) is 0 Å². The Bertz CT molecular complexity index is 659. The highest BCUT2D eigenvalue weighted by molar-refractivity contribution is 7.09. The number of nitrogens with zero attached hydrogens (tertiary/aromatic N) is 3. The van der Waals surface area contributed by atoms with Crippen molar-refractivity contribution >= 4 is 17.2 Å². The number of thiazole rings is 1. The fraction of sp³-hybridized carbons (Fsp3) is 0.588. The van der Waals surface area contributed by atoms with Crippen LogP contribution in [0.3, 0.4) is 0 Å². The molecule has 2 heterocycles. The second-order valence-corrected chi connectivity index (χ2v) is 7.42. The van der Waals surface area contributed by atoms with E-state index in [2.05, 4.69) is 49.2 Å². The van der Waals surface area contributed by atoms with E-state index in [1.807, 2.05) is 17.0 Å². The summed E-state index contributed by atoms with van der Waals surface area (Å²) in [5.41, 5.74) is 3.05. The maximum Gasteiger partial charge on any atom is 0.226 e. The molecule has 0 aliphatic carbocycles. The number of carbonyl (C=O) groups excluding carboxylic acids is 1. The molecule has 0 aromatic carbocycles. The van der Waals surface area contributed by atoms with Gasteiger partial charge in [0.05, 0.1) is 22.8 Å². The fourth-order valence-electron chi connectivity index (χ4n) is 2.40. The Balaban J connectivity index is 1.78. The molecule has 0 bridgehead atoms. The van der Waals surface area contributed by atoms with Crippen molar-refractivity contribution in [3.63, 3.8) is 0 Å². The highest BCUT2D eigenvalue weighted by Crippen LogP contribution is 2.19. The number of amides is 1. The molecule has 0 unspecified atom stereocenters. The van der Waals surface area contributed by atoms with Crippen LogP contribution in [0.15, 0.2) is 11.4 Å². The Hall–Kier alpha value is -1.69. The monoisotopic (exact) mass is 334 g/mol. The fourth-order valence-corrected chi connectivity index (χ4v) is 3.24. The molecular formula is C17H26N4OS. The second-order valence-electron chi connectivity index (χ2n) is 6.53. The standard InChI is InChI=1S/C17H26N4OS/c1-11(2)17-19-15(10-23-17)7-16(22)18-8-12(3)9-21-14(5)6-13(4)20-21/h6,10-12H,7-9H2,1-5H3,(H,18,22)/t12-/m0/s1. The minimum absolute atomic E-state index is 0.0332. The zero-order valence-corrected chi connectivity index (χ0v) is 15.4. The number of nitrogens with one attached hydrogen (secondary N) is 1. The van der Waals surface area contributed by atoms with Crippen LogP contribution < -0.4 is 5.32 Å². The first-order valence-corrected chi connectivity index (χ1v) is 8.95. The van der Waals surface area contributed by atoms with Gasteiger partial charge < -0.3 is 5.32 Å². The number of hydrogen-bond donors (Lipinski definition) is 1. The quantitative estimate of drug-likeness (QED) is 0.846. The lowest BCUT2D eigenvalue weighted by molar-refractivity contribution is -0.120. The zero-order chi connectivity index (χ0) is 17.0. The van der Waals surface area contributed by atoms with Gasteiger partial charge in [-0.1, -0.05) is 20.8 Å². The third-order valence-electron chi connectivity index (χ3n) is 3.64. The summed E-state index contributed by atoms with van der Waals surface area (Å²) in [5, 5.41) is 10.5. The predicted molar refractivity (Wildman–Crippen MR) is 93.8 cm³/mol. The summed E-state index contributed by atoms with van der Waals surface area (Å²) in [4.78, 5) is 16.6. The van der Waals surface area contributed by atoms with Crippen LogP contribution in [0.1, 0.15) is 48.8 Å². The van der Waals surface area contributed by atoms with Gasteiger partial charge in [0.25, 0.3) is 0 Å². The Morgan fingerprint density at radius 2 is 2.09 bits per heavy atom. The van der Waals surface area contributed by atoms with Gasteiger partial charge in [-0.05, 0) is 25.8 Å². The smallest absolute Gasteiger partial charge is 0.226 e. The van der Waals surface area contributed by atoms with Crippen LogP contribution in [-0.2, 0) is 17.8 Å². The maximum atomic E-state index is 12.1. The Labute approximate surface area is 142 Å². The molecule has 0 aliphatic rings. The molecule has 2 aromatic rings. The first kappa shape index (κ1) is 17.7. The average Bonchev–Trinajstić information content (AvgIpc) is 3.04. The normalized spacial score (nSPS) is 12.6. The largest absolute Gasteiger partial charge is 0.355 e. The van der Waals surface area contributed by atoms with E-state index in [4.69, 9.17) is 0 Å². The van der Waals surface area contributed by atoms with E-state index in [0.717, 1.165) is 28.6 Å². The van der Waals surface area contributed by atoms with Crippen LogP contribution in [0, 0.1) is 19.8 Å². The zero-order valence-electron chi connectivity index (χ0n) is 14.6. The average molecular weight is 334 g/mol. The van der Waals surface area contributed by atoms with E-state index < -0.39 is 0 Å². The van der Waals surface area contributed by atoms with E-state index in [1.54, 1.807) is 11.3 Å². The lowest BCUT2D eigenvalue weighted by Crippen LogP contribution is -2.31. The van der Waals surface area contributed by atoms with Crippen LogP contribution in [-0.4, -0.2) is 27.2 Å². The summed E-state index contributed by atoms with van der Waals surface area (Å²) in [7, 11) is 0. The molecule has 1 atom stereocenters. The molecule has 5 nitrogen and oxygen atoms in total. The highest BCUT2D eigenvalue weighted by atomic mass is 32.1. The number of carbonyl (C=O) groups is 1. The van der Waals surface area contributed by atoms with E-state index in [9.17, 15) is 4.79 Å². The summed E-state index contributed by atoms with van der Waals surface area (Å²) in [6.07, 6.45) is 0.357. The van der Waals surface area contributed by atoms with Crippen molar-refractivity contribution in [2.75, 3.05) is 6.54 Å². The SMILES string of the molecule is Cc1cc(C)n(C[C@@H](C)CNC(=O)Cc2csc(C(C)C)n2)n1. The van der Waals surface area contributed by atoms with Crippen molar-refractivity contribution in [1.82, 2.24) is 20.1 Å². The number of rotatable bonds is 7. The molecule has 0 saturated heterocycles.